The normalized spacial score (nSPS) is 12.3. The zero-order chi connectivity index (χ0) is 18.7. The number of para-hydroxylation sites is 1. The van der Waals surface area contributed by atoms with Gasteiger partial charge in [0.05, 0.1) is 11.3 Å². The number of nitrogens with zero attached hydrogens (tertiary/aromatic N) is 2. The predicted octanol–water partition coefficient (Wildman–Crippen LogP) is 2.48. The molecule has 136 valence electrons. The Balaban J connectivity index is 1.87. The first kappa shape index (κ1) is 17.7. The minimum absolute atomic E-state index is 0.207. The van der Waals surface area contributed by atoms with Crippen LogP contribution >= 0.6 is 0 Å². The number of hydrogen-bond donors (Lipinski definition) is 4. The molecule has 0 saturated heterocycles. The number of aromatic nitrogens is 2. The fourth-order valence-electron chi connectivity index (χ4n) is 2.77. The molecule has 0 unspecified atom stereocenters. The van der Waals surface area contributed by atoms with E-state index in [1.807, 2.05) is 13.8 Å². The van der Waals surface area contributed by atoms with E-state index >= 15 is 0 Å². The standard InChI is InChI=1S/C18H22N6O2/c1-10(2)20-16-13-8-9-19-15(13)22-18(23-16)24-17(26)12-6-4-5-7-14(12)21-11(3)25/h4-7,10H,8-9H2,1-3H3,(H,21,25)(H3,19,20,22,23,24,26). The van der Waals surface area contributed by atoms with E-state index in [0.717, 1.165) is 30.2 Å². The van der Waals surface area contributed by atoms with E-state index in [9.17, 15) is 9.59 Å². The largest absolute Gasteiger partial charge is 0.369 e. The predicted molar refractivity (Wildman–Crippen MR) is 102 cm³/mol. The van der Waals surface area contributed by atoms with Crippen LogP contribution in [-0.2, 0) is 11.2 Å². The molecule has 0 saturated carbocycles. The number of hydrogen-bond acceptors (Lipinski definition) is 6. The molecule has 1 aliphatic heterocycles. The van der Waals surface area contributed by atoms with Gasteiger partial charge in [0.2, 0.25) is 11.9 Å². The second-order valence-corrected chi connectivity index (χ2v) is 6.38. The lowest BCUT2D eigenvalue weighted by atomic mass is 10.1. The lowest BCUT2D eigenvalue weighted by Gasteiger charge is -2.15. The number of anilines is 4. The van der Waals surface area contributed by atoms with Gasteiger partial charge >= 0.3 is 0 Å². The second-order valence-electron chi connectivity index (χ2n) is 6.38. The molecule has 8 nitrogen and oxygen atoms in total. The van der Waals surface area contributed by atoms with Crippen molar-refractivity contribution in [3.8, 4) is 0 Å². The Morgan fingerprint density at radius 2 is 1.92 bits per heavy atom. The highest BCUT2D eigenvalue weighted by Crippen LogP contribution is 2.28. The summed E-state index contributed by atoms with van der Waals surface area (Å²) < 4.78 is 0. The van der Waals surface area contributed by atoms with E-state index < -0.39 is 0 Å². The topological polar surface area (TPSA) is 108 Å². The summed E-state index contributed by atoms with van der Waals surface area (Å²) in [6, 6.07) is 7.00. The number of carbonyl (C=O) groups is 2. The van der Waals surface area contributed by atoms with E-state index in [4.69, 9.17) is 0 Å². The van der Waals surface area contributed by atoms with Gasteiger partial charge in [-0.25, -0.2) is 0 Å². The Labute approximate surface area is 151 Å². The number of amides is 2. The van der Waals surface area contributed by atoms with Crippen LogP contribution in [0.5, 0.6) is 0 Å². The van der Waals surface area contributed by atoms with Crippen molar-refractivity contribution in [2.45, 2.75) is 33.2 Å². The third kappa shape index (κ3) is 3.90. The molecule has 0 spiro atoms. The average Bonchev–Trinajstić information content (AvgIpc) is 3.03. The number of nitrogens with one attached hydrogen (secondary N) is 4. The van der Waals surface area contributed by atoms with E-state index in [-0.39, 0.29) is 23.8 Å². The molecule has 0 atom stereocenters. The van der Waals surface area contributed by atoms with Crippen LogP contribution < -0.4 is 21.3 Å². The van der Waals surface area contributed by atoms with Crippen molar-refractivity contribution in [1.29, 1.82) is 0 Å². The van der Waals surface area contributed by atoms with Gasteiger partial charge in [-0.2, -0.15) is 9.97 Å². The quantitative estimate of drug-likeness (QED) is 0.657. The molecule has 26 heavy (non-hydrogen) atoms. The van der Waals surface area contributed by atoms with Crippen LogP contribution in [0.15, 0.2) is 24.3 Å². The van der Waals surface area contributed by atoms with Gasteiger partial charge in [-0.15, -0.1) is 0 Å². The zero-order valence-corrected chi connectivity index (χ0v) is 15.0. The fraction of sp³-hybridized carbons (Fsp3) is 0.333. The lowest BCUT2D eigenvalue weighted by Crippen LogP contribution is -2.19. The van der Waals surface area contributed by atoms with Crippen LogP contribution in [0.2, 0.25) is 0 Å². The molecule has 1 aliphatic rings. The van der Waals surface area contributed by atoms with Crippen LogP contribution in [0, 0.1) is 0 Å². The van der Waals surface area contributed by atoms with Crippen molar-refractivity contribution in [2.75, 3.05) is 27.8 Å². The first-order valence-electron chi connectivity index (χ1n) is 8.53. The monoisotopic (exact) mass is 354 g/mol. The van der Waals surface area contributed by atoms with Gasteiger partial charge in [0, 0.05) is 25.1 Å². The van der Waals surface area contributed by atoms with Crippen molar-refractivity contribution in [3.05, 3.63) is 35.4 Å². The van der Waals surface area contributed by atoms with E-state index in [2.05, 4.69) is 31.2 Å². The van der Waals surface area contributed by atoms with Gasteiger partial charge < -0.3 is 16.0 Å². The Bertz CT molecular complexity index is 850. The maximum absolute atomic E-state index is 12.7. The summed E-state index contributed by atoms with van der Waals surface area (Å²) in [6.07, 6.45) is 0.837. The SMILES string of the molecule is CC(=O)Nc1ccccc1C(=O)Nc1nc2c(c(NC(C)C)n1)CCN2. The van der Waals surface area contributed by atoms with Crippen LogP contribution in [-0.4, -0.2) is 34.4 Å². The maximum atomic E-state index is 12.7. The number of benzene rings is 1. The highest BCUT2D eigenvalue weighted by molar-refractivity contribution is 6.09. The molecule has 0 bridgehead atoms. The maximum Gasteiger partial charge on any atom is 0.260 e. The van der Waals surface area contributed by atoms with Gasteiger partial charge in [0.1, 0.15) is 11.6 Å². The zero-order valence-electron chi connectivity index (χ0n) is 15.0. The van der Waals surface area contributed by atoms with Crippen molar-refractivity contribution >= 4 is 35.1 Å². The minimum Gasteiger partial charge on any atom is -0.369 e. The average molecular weight is 354 g/mol. The molecule has 1 aromatic heterocycles. The van der Waals surface area contributed by atoms with Crippen molar-refractivity contribution in [1.82, 2.24) is 9.97 Å². The molecule has 2 aromatic rings. The van der Waals surface area contributed by atoms with E-state index in [0.29, 0.717) is 11.3 Å². The molecule has 0 fully saturated rings. The number of fused-ring (bicyclic) bond motifs is 1. The Kier molecular flexibility index (Phi) is 5.01. The molecule has 0 radical (unpaired) electrons. The Morgan fingerprint density at radius 3 is 2.65 bits per heavy atom. The fourth-order valence-corrected chi connectivity index (χ4v) is 2.77. The highest BCUT2D eigenvalue weighted by atomic mass is 16.2. The van der Waals surface area contributed by atoms with Crippen LogP contribution in [0.1, 0.15) is 36.7 Å². The van der Waals surface area contributed by atoms with Gasteiger partial charge in [-0.05, 0) is 32.4 Å². The lowest BCUT2D eigenvalue weighted by molar-refractivity contribution is -0.114. The summed E-state index contributed by atoms with van der Waals surface area (Å²) in [5.41, 5.74) is 1.81. The Hall–Kier alpha value is -3.16. The van der Waals surface area contributed by atoms with Gasteiger partial charge in [-0.1, -0.05) is 12.1 Å². The molecular formula is C18H22N6O2. The highest BCUT2D eigenvalue weighted by Gasteiger charge is 2.21. The summed E-state index contributed by atoms with van der Waals surface area (Å²) in [4.78, 5) is 32.9. The molecule has 2 amide bonds. The minimum atomic E-state index is -0.386. The summed E-state index contributed by atoms with van der Waals surface area (Å²) in [7, 11) is 0. The van der Waals surface area contributed by atoms with Crippen molar-refractivity contribution in [2.24, 2.45) is 0 Å². The second kappa shape index (κ2) is 7.38. The molecule has 8 heteroatoms. The van der Waals surface area contributed by atoms with Gasteiger partial charge in [0.15, 0.2) is 0 Å². The van der Waals surface area contributed by atoms with Gasteiger partial charge in [0.25, 0.3) is 5.91 Å². The summed E-state index contributed by atoms with van der Waals surface area (Å²) in [5.74, 6) is 1.03. The summed E-state index contributed by atoms with van der Waals surface area (Å²) in [6.45, 7) is 6.24. The summed E-state index contributed by atoms with van der Waals surface area (Å²) >= 11 is 0. The van der Waals surface area contributed by atoms with E-state index in [1.54, 1.807) is 24.3 Å². The van der Waals surface area contributed by atoms with Crippen molar-refractivity contribution < 1.29 is 9.59 Å². The third-order valence-electron chi connectivity index (χ3n) is 3.81. The molecule has 0 aliphatic carbocycles. The number of rotatable bonds is 5. The van der Waals surface area contributed by atoms with Crippen molar-refractivity contribution in [3.63, 3.8) is 0 Å². The first-order valence-corrected chi connectivity index (χ1v) is 8.53. The molecule has 3 rings (SSSR count). The molecule has 4 N–H and O–H groups in total. The first-order chi connectivity index (χ1) is 12.4. The molecule has 2 heterocycles. The van der Waals surface area contributed by atoms with Crippen LogP contribution in [0.3, 0.4) is 0 Å². The van der Waals surface area contributed by atoms with Gasteiger partial charge in [-0.3, -0.25) is 14.9 Å². The molecule has 1 aromatic carbocycles. The Morgan fingerprint density at radius 1 is 1.15 bits per heavy atom. The van der Waals surface area contributed by atoms with Crippen LogP contribution in [0.4, 0.5) is 23.3 Å². The smallest absolute Gasteiger partial charge is 0.260 e. The van der Waals surface area contributed by atoms with Crippen LogP contribution in [0.25, 0.3) is 0 Å². The summed E-state index contributed by atoms with van der Waals surface area (Å²) in [5, 5.41) is 11.9. The van der Waals surface area contributed by atoms with E-state index in [1.165, 1.54) is 6.92 Å². The number of carbonyl (C=O) groups excluding carboxylic acids is 2. The third-order valence-corrected chi connectivity index (χ3v) is 3.81. The molecular weight excluding hydrogens is 332 g/mol.